The van der Waals surface area contributed by atoms with Crippen molar-refractivity contribution in [2.45, 2.75) is 39.5 Å². The first-order valence-electron chi connectivity index (χ1n) is 9.18. The van der Waals surface area contributed by atoms with Crippen LogP contribution in [0.25, 0.3) is 0 Å². The molecular weight excluding hydrogens is 310 g/mol. The summed E-state index contributed by atoms with van der Waals surface area (Å²) < 4.78 is 0. The van der Waals surface area contributed by atoms with Gasteiger partial charge in [-0.1, -0.05) is 30.3 Å². The molecule has 0 spiro atoms. The van der Waals surface area contributed by atoms with Crippen LogP contribution in [0.15, 0.2) is 42.5 Å². The third-order valence-corrected chi connectivity index (χ3v) is 5.42. The number of aromatic hydroxyl groups is 1. The van der Waals surface area contributed by atoms with E-state index in [1.165, 1.54) is 17.5 Å². The number of nitrogens with zero attached hydrogens (tertiary/aromatic N) is 1. The molecule has 1 heterocycles. The number of phenols is 1. The highest BCUT2D eigenvalue weighted by atomic mass is 16.3. The lowest BCUT2D eigenvalue weighted by Gasteiger charge is -2.33. The predicted octanol–water partition coefficient (Wildman–Crippen LogP) is 4.49. The molecule has 1 aliphatic heterocycles. The van der Waals surface area contributed by atoms with Crippen molar-refractivity contribution in [1.29, 1.82) is 0 Å². The minimum atomic E-state index is 0.0500. The van der Waals surface area contributed by atoms with E-state index in [2.05, 4.69) is 31.2 Å². The highest BCUT2D eigenvalue weighted by Crippen LogP contribution is 2.26. The Morgan fingerprint density at radius 2 is 1.96 bits per heavy atom. The number of carbonyl (C=O) groups excluding carboxylic acids is 1. The van der Waals surface area contributed by atoms with Crippen LogP contribution in [0.4, 0.5) is 0 Å². The first kappa shape index (κ1) is 17.5. The summed E-state index contributed by atoms with van der Waals surface area (Å²) in [5.74, 6) is 0.794. The summed E-state index contributed by atoms with van der Waals surface area (Å²) in [6.45, 7) is 5.60. The lowest BCUT2D eigenvalue weighted by atomic mass is 9.90. The summed E-state index contributed by atoms with van der Waals surface area (Å²) in [5.41, 5.74) is 4.06. The van der Waals surface area contributed by atoms with E-state index >= 15 is 0 Å². The molecule has 1 aliphatic rings. The Morgan fingerprint density at radius 1 is 1.16 bits per heavy atom. The quantitative estimate of drug-likeness (QED) is 0.893. The van der Waals surface area contributed by atoms with E-state index in [0.717, 1.165) is 32.4 Å². The molecule has 132 valence electrons. The average molecular weight is 337 g/mol. The summed E-state index contributed by atoms with van der Waals surface area (Å²) in [6.07, 6.45) is 4.44. The predicted molar refractivity (Wildman–Crippen MR) is 101 cm³/mol. The number of carbonyl (C=O) groups is 1. The zero-order valence-corrected chi connectivity index (χ0v) is 15.2. The van der Waals surface area contributed by atoms with Gasteiger partial charge in [-0.25, -0.2) is 0 Å². The zero-order valence-electron chi connectivity index (χ0n) is 15.2. The van der Waals surface area contributed by atoms with E-state index in [1.807, 2.05) is 17.9 Å². The van der Waals surface area contributed by atoms with Gasteiger partial charge >= 0.3 is 0 Å². The van der Waals surface area contributed by atoms with Gasteiger partial charge in [0, 0.05) is 24.2 Å². The van der Waals surface area contributed by atoms with Gasteiger partial charge in [-0.15, -0.1) is 0 Å². The SMILES string of the molecule is Cc1ccccc1CC[C@H]1CCCN(C(=O)c2cccc(O)c2C)C1. The molecule has 1 fully saturated rings. The molecule has 0 bridgehead atoms. The summed E-state index contributed by atoms with van der Waals surface area (Å²) >= 11 is 0. The van der Waals surface area contributed by atoms with E-state index < -0.39 is 0 Å². The van der Waals surface area contributed by atoms with Crippen LogP contribution in [0.5, 0.6) is 5.75 Å². The van der Waals surface area contributed by atoms with E-state index in [0.29, 0.717) is 17.0 Å². The van der Waals surface area contributed by atoms with Crippen molar-refractivity contribution < 1.29 is 9.90 Å². The summed E-state index contributed by atoms with van der Waals surface area (Å²) in [7, 11) is 0. The number of phenolic OH excluding ortho intramolecular Hbond substituents is 1. The number of amides is 1. The Labute approximate surface area is 150 Å². The molecule has 0 aliphatic carbocycles. The standard InChI is InChI=1S/C22H27NO2/c1-16-7-3-4-9-19(16)13-12-18-8-6-14-23(15-18)22(25)20-10-5-11-21(24)17(20)2/h3-5,7,9-11,18,24H,6,8,12-15H2,1-2H3/t18-/m1/s1. The topological polar surface area (TPSA) is 40.5 Å². The van der Waals surface area contributed by atoms with Gasteiger partial charge in [0.1, 0.15) is 5.75 Å². The van der Waals surface area contributed by atoms with Crippen LogP contribution in [-0.2, 0) is 6.42 Å². The summed E-state index contributed by atoms with van der Waals surface area (Å²) in [5, 5.41) is 9.86. The second kappa shape index (κ2) is 7.73. The van der Waals surface area contributed by atoms with E-state index in [-0.39, 0.29) is 11.7 Å². The van der Waals surface area contributed by atoms with Crippen molar-refractivity contribution in [2.24, 2.45) is 5.92 Å². The Kier molecular flexibility index (Phi) is 5.42. The normalized spacial score (nSPS) is 17.5. The fourth-order valence-corrected chi connectivity index (χ4v) is 3.76. The summed E-state index contributed by atoms with van der Waals surface area (Å²) in [6, 6.07) is 13.7. The molecule has 1 N–H and O–H groups in total. The van der Waals surface area contributed by atoms with E-state index in [9.17, 15) is 9.90 Å². The fraction of sp³-hybridized carbons (Fsp3) is 0.409. The average Bonchev–Trinajstić information content (AvgIpc) is 2.63. The van der Waals surface area contributed by atoms with E-state index in [4.69, 9.17) is 0 Å². The maximum atomic E-state index is 12.9. The van der Waals surface area contributed by atoms with Gasteiger partial charge in [0.15, 0.2) is 0 Å². The van der Waals surface area contributed by atoms with Crippen molar-refractivity contribution in [3.63, 3.8) is 0 Å². The molecule has 0 aromatic heterocycles. The number of hydrogen-bond acceptors (Lipinski definition) is 2. The molecular formula is C22H27NO2. The number of rotatable bonds is 4. The smallest absolute Gasteiger partial charge is 0.254 e. The number of likely N-dealkylation sites (tertiary alicyclic amines) is 1. The van der Waals surface area contributed by atoms with Gasteiger partial charge in [0.2, 0.25) is 0 Å². The monoisotopic (exact) mass is 337 g/mol. The summed E-state index contributed by atoms with van der Waals surface area (Å²) in [4.78, 5) is 14.8. The van der Waals surface area contributed by atoms with Gasteiger partial charge in [0.05, 0.1) is 0 Å². The Hall–Kier alpha value is -2.29. The molecule has 2 aromatic carbocycles. The maximum Gasteiger partial charge on any atom is 0.254 e. The van der Waals surface area contributed by atoms with Crippen LogP contribution in [0.1, 0.15) is 46.3 Å². The van der Waals surface area contributed by atoms with Crippen LogP contribution in [0.3, 0.4) is 0 Å². The van der Waals surface area contributed by atoms with Gasteiger partial charge in [-0.3, -0.25) is 4.79 Å². The van der Waals surface area contributed by atoms with Gasteiger partial charge < -0.3 is 10.0 Å². The largest absolute Gasteiger partial charge is 0.508 e. The minimum Gasteiger partial charge on any atom is -0.508 e. The molecule has 25 heavy (non-hydrogen) atoms. The maximum absolute atomic E-state index is 12.9. The van der Waals surface area contributed by atoms with Crippen molar-refractivity contribution in [1.82, 2.24) is 4.90 Å². The number of piperidine rings is 1. The number of hydrogen-bond donors (Lipinski definition) is 1. The van der Waals surface area contributed by atoms with Crippen LogP contribution >= 0.6 is 0 Å². The van der Waals surface area contributed by atoms with Crippen molar-refractivity contribution in [2.75, 3.05) is 13.1 Å². The van der Waals surface area contributed by atoms with Gasteiger partial charge in [0.25, 0.3) is 5.91 Å². The highest BCUT2D eigenvalue weighted by molar-refractivity contribution is 5.96. The third kappa shape index (κ3) is 4.04. The molecule has 3 rings (SSSR count). The van der Waals surface area contributed by atoms with Gasteiger partial charge in [-0.05, 0) is 68.7 Å². The molecule has 0 radical (unpaired) electrons. The lowest BCUT2D eigenvalue weighted by Crippen LogP contribution is -2.40. The molecule has 0 unspecified atom stereocenters. The molecule has 1 atom stereocenters. The second-order valence-electron chi connectivity index (χ2n) is 7.17. The van der Waals surface area contributed by atoms with Crippen molar-refractivity contribution in [3.8, 4) is 5.75 Å². The molecule has 1 amide bonds. The second-order valence-corrected chi connectivity index (χ2v) is 7.17. The van der Waals surface area contributed by atoms with Crippen LogP contribution in [-0.4, -0.2) is 29.0 Å². The Bertz CT molecular complexity index is 753. The first-order valence-corrected chi connectivity index (χ1v) is 9.18. The minimum absolute atomic E-state index is 0.0500. The van der Waals surface area contributed by atoms with Crippen LogP contribution < -0.4 is 0 Å². The van der Waals surface area contributed by atoms with E-state index in [1.54, 1.807) is 12.1 Å². The molecule has 2 aromatic rings. The van der Waals surface area contributed by atoms with Crippen molar-refractivity contribution in [3.05, 3.63) is 64.7 Å². The third-order valence-electron chi connectivity index (χ3n) is 5.42. The molecule has 1 saturated heterocycles. The van der Waals surface area contributed by atoms with Crippen molar-refractivity contribution >= 4 is 5.91 Å². The fourth-order valence-electron chi connectivity index (χ4n) is 3.76. The molecule has 3 heteroatoms. The molecule has 3 nitrogen and oxygen atoms in total. The zero-order chi connectivity index (χ0) is 17.8. The van der Waals surface area contributed by atoms with Gasteiger partial charge in [-0.2, -0.15) is 0 Å². The Morgan fingerprint density at radius 3 is 2.76 bits per heavy atom. The number of aryl methyl sites for hydroxylation is 2. The molecule has 0 saturated carbocycles. The van der Waals surface area contributed by atoms with Crippen LogP contribution in [0.2, 0.25) is 0 Å². The first-order chi connectivity index (χ1) is 12.1. The van der Waals surface area contributed by atoms with Crippen LogP contribution in [0, 0.1) is 19.8 Å². The Balaban J connectivity index is 1.64. The lowest BCUT2D eigenvalue weighted by molar-refractivity contribution is 0.0667. The number of benzene rings is 2. The highest BCUT2D eigenvalue weighted by Gasteiger charge is 2.25.